The molecule has 3 rings (SSSR count). The molecule has 110 valence electrons. The van der Waals surface area contributed by atoms with Crippen LogP contribution in [-0.4, -0.2) is 19.3 Å². The van der Waals surface area contributed by atoms with E-state index < -0.39 is 0 Å². The zero-order valence-corrected chi connectivity index (χ0v) is 13.4. The summed E-state index contributed by atoms with van der Waals surface area (Å²) in [6, 6.07) is 0. The Morgan fingerprint density at radius 1 is 1.30 bits per heavy atom. The Hall–Kier alpha value is -1.03. The first-order valence-electron chi connectivity index (χ1n) is 7.66. The Labute approximate surface area is 125 Å². The van der Waals surface area contributed by atoms with Crippen molar-refractivity contribution in [3.63, 3.8) is 0 Å². The predicted molar refractivity (Wildman–Crippen MR) is 82.2 cm³/mol. The zero-order valence-electron chi connectivity index (χ0n) is 12.6. The smallest absolute Gasteiger partial charge is 0.159 e. The molecule has 2 aromatic rings. The Morgan fingerprint density at radius 3 is 2.55 bits per heavy atom. The van der Waals surface area contributed by atoms with E-state index in [0.717, 1.165) is 41.9 Å². The lowest BCUT2D eigenvalue weighted by atomic mass is 9.74. The SMILES string of the molecule is CCCc1nn(C)c2c1nc(CCl)n2C1(CC)CCC1. The lowest BCUT2D eigenvalue weighted by Crippen LogP contribution is -2.41. The van der Waals surface area contributed by atoms with E-state index in [2.05, 4.69) is 23.5 Å². The summed E-state index contributed by atoms with van der Waals surface area (Å²) in [6.45, 7) is 4.45. The molecule has 20 heavy (non-hydrogen) atoms. The number of nitrogens with zero attached hydrogens (tertiary/aromatic N) is 4. The molecule has 1 aliphatic rings. The van der Waals surface area contributed by atoms with Gasteiger partial charge in [0, 0.05) is 12.6 Å². The summed E-state index contributed by atoms with van der Waals surface area (Å²) in [7, 11) is 2.03. The van der Waals surface area contributed by atoms with Crippen molar-refractivity contribution in [2.24, 2.45) is 7.05 Å². The van der Waals surface area contributed by atoms with Crippen molar-refractivity contribution in [2.75, 3.05) is 0 Å². The van der Waals surface area contributed by atoms with E-state index in [0.29, 0.717) is 5.88 Å². The van der Waals surface area contributed by atoms with Gasteiger partial charge >= 0.3 is 0 Å². The Kier molecular flexibility index (Phi) is 3.53. The second kappa shape index (κ2) is 5.06. The van der Waals surface area contributed by atoms with E-state index in [9.17, 15) is 0 Å². The number of rotatable bonds is 5. The molecule has 0 aliphatic heterocycles. The standard InChI is InChI=1S/C15H23ClN4/c1-4-7-11-13-14(19(3)18-11)20(12(10-16)17-13)15(5-2)8-6-9-15/h4-10H2,1-3H3. The molecule has 0 aromatic carbocycles. The van der Waals surface area contributed by atoms with Crippen LogP contribution in [0.5, 0.6) is 0 Å². The maximum atomic E-state index is 6.17. The summed E-state index contributed by atoms with van der Waals surface area (Å²) in [5, 5.41) is 4.67. The third-order valence-electron chi connectivity index (χ3n) is 4.80. The summed E-state index contributed by atoms with van der Waals surface area (Å²) in [5.74, 6) is 1.48. The van der Waals surface area contributed by atoms with Crippen LogP contribution in [0.4, 0.5) is 0 Å². The lowest BCUT2D eigenvalue weighted by Gasteiger charge is -2.43. The van der Waals surface area contributed by atoms with Gasteiger partial charge in [-0.2, -0.15) is 5.10 Å². The molecule has 0 bridgehead atoms. The van der Waals surface area contributed by atoms with Crippen molar-refractivity contribution in [3.8, 4) is 0 Å². The van der Waals surface area contributed by atoms with Gasteiger partial charge in [-0.05, 0) is 32.1 Å². The molecule has 0 radical (unpaired) electrons. The van der Waals surface area contributed by atoms with Gasteiger partial charge < -0.3 is 4.57 Å². The van der Waals surface area contributed by atoms with Gasteiger partial charge in [0.25, 0.3) is 0 Å². The number of alkyl halides is 1. The van der Waals surface area contributed by atoms with Crippen LogP contribution < -0.4 is 0 Å². The molecule has 0 atom stereocenters. The summed E-state index contributed by atoms with van der Waals surface area (Å²) in [6.07, 6.45) is 6.97. The van der Waals surface area contributed by atoms with E-state index in [1.54, 1.807) is 0 Å². The highest BCUT2D eigenvalue weighted by Crippen LogP contribution is 2.45. The monoisotopic (exact) mass is 294 g/mol. The summed E-state index contributed by atoms with van der Waals surface area (Å²) < 4.78 is 4.39. The average molecular weight is 295 g/mol. The fourth-order valence-electron chi connectivity index (χ4n) is 3.54. The van der Waals surface area contributed by atoms with E-state index in [1.165, 1.54) is 19.3 Å². The van der Waals surface area contributed by atoms with Gasteiger partial charge in [0.2, 0.25) is 0 Å². The van der Waals surface area contributed by atoms with Crippen LogP contribution in [0, 0.1) is 0 Å². The van der Waals surface area contributed by atoms with Crippen LogP contribution in [0.1, 0.15) is 57.5 Å². The Morgan fingerprint density at radius 2 is 2.05 bits per heavy atom. The molecule has 1 fully saturated rings. The maximum Gasteiger partial charge on any atom is 0.159 e. The minimum atomic E-state index is 0.219. The van der Waals surface area contributed by atoms with Crippen molar-refractivity contribution in [3.05, 3.63) is 11.5 Å². The Bertz CT molecular complexity index is 616. The quantitative estimate of drug-likeness (QED) is 0.787. The molecule has 0 N–H and O–H groups in total. The number of imidazole rings is 1. The first-order valence-corrected chi connectivity index (χ1v) is 8.20. The van der Waals surface area contributed by atoms with Crippen LogP contribution in [0.2, 0.25) is 0 Å². The molecular formula is C15H23ClN4. The topological polar surface area (TPSA) is 35.6 Å². The molecule has 0 spiro atoms. The molecule has 2 aromatic heterocycles. The fourth-order valence-corrected chi connectivity index (χ4v) is 3.72. The van der Waals surface area contributed by atoms with Crippen molar-refractivity contribution in [1.82, 2.24) is 19.3 Å². The molecule has 1 saturated carbocycles. The van der Waals surface area contributed by atoms with E-state index in [4.69, 9.17) is 16.6 Å². The molecule has 0 saturated heterocycles. The molecular weight excluding hydrogens is 272 g/mol. The number of aromatic nitrogens is 4. The maximum absolute atomic E-state index is 6.17. The minimum absolute atomic E-state index is 0.219. The molecule has 4 nitrogen and oxygen atoms in total. The van der Waals surface area contributed by atoms with Crippen molar-refractivity contribution < 1.29 is 0 Å². The zero-order chi connectivity index (χ0) is 14.3. The minimum Gasteiger partial charge on any atom is -0.306 e. The number of halogens is 1. The van der Waals surface area contributed by atoms with Crippen LogP contribution in [0.25, 0.3) is 11.2 Å². The molecule has 0 amide bonds. The summed E-state index contributed by atoms with van der Waals surface area (Å²) in [4.78, 5) is 4.81. The third-order valence-corrected chi connectivity index (χ3v) is 5.04. The largest absolute Gasteiger partial charge is 0.306 e. The average Bonchev–Trinajstić information content (AvgIpc) is 2.90. The molecule has 5 heteroatoms. The lowest BCUT2D eigenvalue weighted by molar-refractivity contribution is 0.136. The van der Waals surface area contributed by atoms with Crippen molar-refractivity contribution >= 4 is 22.8 Å². The fraction of sp³-hybridized carbons (Fsp3) is 0.733. The second-order valence-corrected chi connectivity index (χ2v) is 6.19. The highest BCUT2D eigenvalue weighted by Gasteiger charge is 2.40. The normalized spacial score (nSPS) is 17.6. The third kappa shape index (κ3) is 1.80. The van der Waals surface area contributed by atoms with Gasteiger partial charge in [-0.3, -0.25) is 4.68 Å². The van der Waals surface area contributed by atoms with E-state index >= 15 is 0 Å². The molecule has 0 unspecified atom stereocenters. The molecule has 1 aliphatic carbocycles. The van der Waals surface area contributed by atoms with Crippen molar-refractivity contribution in [1.29, 1.82) is 0 Å². The first kappa shape index (κ1) is 13.9. The number of aryl methyl sites for hydroxylation is 2. The van der Waals surface area contributed by atoms with Gasteiger partial charge in [-0.25, -0.2) is 4.98 Å². The van der Waals surface area contributed by atoms with Crippen LogP contribution in [-0.2, 0) is 24.9 Å². The molecule has 2 heterocycles. The predicted octanol–water partition coefficient (Wildman–Crippen LogP) is 3.75. The van der Waals surface area contributed by atoms with Gasteiger partial charge in [-0.1, -0.05) is 20.3 Å². The summed E-state index contributed by atoms with van der Waals surface area (Å²) in [5.41, 5.74) is 3.55. The van der Waals surface area contributed by atoms with E-state index in [1.807, 2.05) is 11.7 Å². The highest BCUT2D eigenvalue weighted by molar-refractivity contribution is 6.16. The van der Waals surface area contributed by atoms with Gasteiger partial charge in [0.15, 0.2) is 5.65 Å². The number of hydrogen-bond acceptors (Lipinski definition) is 2. The van der Waals surface area contributed by atoms with Crippen LogP contribution in [0.3, 0.4) is 0 Å². The first-order chi connectivity index (χ1) is 9.66. The number of fused-ring (bicyclic) bond motifs is 1. The van der Waals surface area contributed by atoms with Crippen molar-refractivity contribution in [2.45, 2.75) is 63.8 Å². The van der Waals surface area contributed by atoms with Crippen LogP contribution >= 0.6 is 11.6 Å². The highest BCUT2D eigenvalue weighted by atomic mass is 35.5. The van der Waals surface area contributed by atoms with E-state index in [-0.39, 0.29) is 5.54 Å². The number of hydrogen-bond donors (Lipinski definition) is 0. The van der Waals surface area contributed by atoms with Gasteiger partial charge in [0.05, 0.1) is 11.6 Å². The van der Waals surface area contributed by atoms with Gasteiger partial charge in [-0.15, -0.1) is 11.6 Å². The Balaban J connectivity index is 2.24. The summed E-state index contributed by atoms with van der Waals surface area (Å²) >= 11 is 6.17. The van der Waals surface area contributed by atoms with Gasteiger partial charge in [0.1, 0.15) is 11.3 Å². The second-order valence-electron chi connectivity index (χ2n) is 5.92. The van der Waals surface area contributed by atoms with Crippen LogP contribution in [0.15, 0.2) is 0 Å².